The normalized spacial score (nSPS) is 17.5. The van der Waals surface area contributed by atoms with Crippen molar-refractivity contribution >= 4 is 34.0 Å². The molecule has 0 radical (unpaired) electrons. The van der Waals surface area contributed by atoms with Gasteiger partial charge in [0.2, 0.25) is 6.79 Å². The molecule has 3 aliphatic rings. The van der Waals surface area contributed by atoms with E-state index in [0.29, 0.717) is 78.7 Å². The fourth-order valence-corrected chi connectivity index (χ4v) is 4.96. The van der Waals surface area contributed by atoms with Crippen molar-refractivity contribution in [3.05, 3.63) is 52.3 Å². The third kappa shape index (κ3) is 3.98. The number of carbonyl (C=O) groups excluding carboxylic acids is 1. The Balaban J connectivity index is 1.23. The van der Waals surface area contributed by atoms with Crippen LogP contribution in [0.4, 0.5) is 17.2 Å². The molecule has 12 nitrogen and oxygen atoms in total. The van der Waals surface area contributed by atoms with Gasteiger partial charge in [0.1, 0.15) is 17.8 Å². The lowest BCUT2D eigenvalue weighted by Gasteiger charge is -2.36. The molecular formula is C24H25N7O5. The van der Waals surface area contributed by atoms with Gasteiger partial charge in [-0.1, -0.05) is 0 Å². The quantitative estimate of drug-likeness (QED) is 0.425. The minimum absolute atomic E-state index is 0.0528. The first-order valence-corrected chi connectivity index (χ1v) is 11.9. The van der Waals surface area contributed by atoms with Crippen LogP contribution >= 0.6 is 0 Å². The lowest BCUT2D eigenvalue weighted by atomic mass is 10.1. The van der Waals surface area contributed by atoms with E-state index < -0.39 is 0 Å². The Morgan fingerprint density at radius 3 is 2.50 bits per heavy atom. The average molecular weight is 492 g/mol. The van der Waals surface area contributed by atoms with Crippen LogP contribution in [0.3, 0.4) is 0 Å². The van der Waals surface area contributed by atoms with E-state index in [4.69, 9.17) is 9.47 Å². The standard InChI is InChI=1S/C24H25N7O5/c32-24(16-1-2-21-22(11-16)36-15-35-21)30-9-7-29(8-10-30)23-17-12-20(31(33)34)19(13-18(17)26-14-27-23)28-5-3-25-4-6-28/h1-2,11-14,25H,3-10,15H2. The Bertz CT molecular complexity index is 1340. The molecule has 0 aliphatic carbocycles. The van der Waals surface area contributed by atoms with Crippen LogP contribution in [0, 0.1) is 10.1 Å². The molecule has 2 fully saturated rings. The molecule has 3 aliphatic heterocycles. The lowest BCUT2D eigenvalue weighted by Crippen LogP contribution is -2.49. The molecule has 0 unspecified atom stereocenters. The first-order valence-electron chi connectivity index (χ1n) is 11.9. The number of rotatable bonds is 4. The Kier molecular flexibility index (Phi) is 5.64. The van der Waals surface area contributed by atoms with Crippen LogP contribution in [-0.4, -0.2) is 84.8 Å². The predicted molar refractivity (Wildman–Crippen MR) is 132 cm³/mol. The van der Waals surface area contributed by atoms with Crippen LogP contribution in [-0.2, 0) is 0 Å². The zero-order valence-electron chi connectivity index (χ0n) is 19.6. The summed E-state index contributed by atoms with van der Waals surface area (Å²) in [7, 11) is 0. The molecule has 1 aromatic heterocycles. The van der Waals surface area contributed by atoms with E-state index in [1.807, 2.05) is 4.90 Å². The fourth-order valence-electron chi connectivity index (χ4n) is 4.96. The maximum absolute atomic E-state index is 13.1. The summed E-state index contributed by atoms with van der Waals surface area (Å²) in [5, 5.41) is 15.9. The summed E-state index contributed by atoms with van der Waals surface area (Å²) in [4.78, 5) is 39.5. The molecule has 0 spiro atoms. The van der Waals surface area contributed by atoms with Crippen LogP contribution in [0.15, 0.2) is 36.7 Å². The molecule has 1 N–H and O–H groups in total. The predicted octanol–water partition coefficient (Wildman–Crippen LogP) is 1.64. The number of amides is 1. The first kappa shape index (κ1) is 22.3. The summed E-state index contributed by atoms with van der Waals surface area (Å²) in [6, 6.07) is 8.59. The number of benzene rings is 2. The number of nitrogens with one attached hydrogen (secondary N) is 1. The zero-order chi connectivity index (χ0) is 24.6. The number of nitrogens with zero attached hydrogens (tertiary/aromatic N) is 6. The second kappa shape index (κ2) is 9.11. The Morgan fingerprint density at radius 1 is 0.944 bits per heavy atom. The van der Waals surface area contributed by atoms with Crippen molar-refractivity contribution in [3.63, 3.8) is 0 Å². The summed E-state index contributed by atoms with van der Waals surface area (Å²) in [6.07, 6.45) is 1.50. The van der Waals surface area contributed by atoms with Crippen molar-refractivity contribution < 1.29 is 19.2 Å². The lowest BCUT2D eigenvalue weighted by molar-refractivity contribution is -0.384. The van der Waals surface area contributed by atoms with Crippen LogP contribution < -0.4 is 24.6 Å². The SMILES string of the molecule is O=C(c1ccc2c(c1)OCO2)N1CCN(c2ncnc3cc(N4CCNCC4)c([N+](=O)[O-])cc23)CC1. The molecule has 0 saturated carbocycles. The second-order valence-corrected chi connectivity index (χ2v) is 8.90. The topological polar surface area (TPSA) is 126 Å². The van der Waals surface area contributed by atoms with Crippen LogP contribution in [0.1, 0.15) is 10.4 Å². The summed E-state index contributed by atoms with van der Waals surface area (Å²) in [5.41, 5.74) is 1.85. The number of aromatic nitrogens is 2. The molecule has 0 atom stereocenters. The summed E-state index contributed by atoms with van der Waals surface area (Å²) >= 11 is 0. The molecule has 1 amide bonds. The van der Waals surface area contributed by atoms with Crippen molar-refractivity contribution in [3.8, 4) is 11.5 Å². The largest absolute Gasteiger partial charge is 0.454 e. The van der Waals surface area contributed by atoms with E-state index in [-0.39, 0.29) is 23.3 Å². The van der Waals surface area contributed by atoms with Gasteiger partial charge in [-0.05, 0) is 24.3 Å². The van der Waals surface area contributed by atoms with Crippen LogP contribution in [0.2, 0.25) is 0 Å². The first-order chi connectivity index (χ1) is 17.6. The van der Waals surface area contributed by atoms with E-state index in [2.05, 4.69) is 20.2 Å². The molecule has 6 rings (SSSR count). The number of hydrogen-bond donors (Lipinski definition) is 1. The van der Waals surface area contributed by atoms with Crippen molar-refractivity contribution in [1.82, 2.24) is 20.2 Å². The molecule has 2 aromatic carbocycles. The van der Waals surface area contributed by atoms with E-state index in [9.17, 15) is 14.9 Å². The van der Waals surface area contributed by atoms with Gasteiger partial charge >= 0.3 is 0 Å². The number of hydrogen-bond acceptors (Lipinski definition) is 10. The molecule has 4 heterocycles. The van der Waals surface area contributed by atoms with Gasteiger partial charge in [-0.3, -0.25) is 14.9 Å². The van der Waals surface area contributed by atoms with Gasteiger partial charge in [-0.15, -0.1) is 0 Å². The highest BCUT2D eigenvalue weighted by Gasteiger charge is 2.28. The Morgan fingerprint density at radius 2 is 1.72 bits per heavy atom. The van der Waals surface area contributed by atoms with Crippen molar-refractivity contribution in [2.75, 3.05) is 69.0 Å². The molecular weight excluding hydrogens is 466 g/mol. The van der Waals surface area contributed by atoms with Gasteiger partial charge in [0, 0.05) is 69.4 Å². The maximum atomic E-state index is 13.1. The van der Waals surface area contributed by atoms with Crippen LogP contribution in [0.25, 0.3) is 10.9 Å². The molecule has 36 heavy (non-hydrogen) atoms. The fraction of sp³-hybridized carbons (Fsp3) is 0.375. The number of fused-ring (bicyclic) bond motifs is 2. The highest BCUT2D eigenvalue weighted by molar-refractivity contribution is 5.96. The molecule has 186 valence electrons. The monoisotopic (exact) mass is 491 g/mol. The van der Waals surface area contributed by atoms with Gasteiger partial charge in [0.15, 0.2) is 11.5 Å². The highest BCUT2D eigenvalue weighted by Crippen LogP contribution is 2.36. The van der Waals surface area contributed by atoms with Crippen molar-refractivity contribution in [2.24, 2.45) is 0 Å². The van der Waals surface area contributed by atoms with Crippen molar-refractivity contribution in [1.29, 1.82) is 0 Å². The number of anilines is 2. The molecule has 3 aromatic rings. The molecule has 2 saturated heterocycles. The van der Waals surface area contributed by atoms with Gasteiger partial charge in [-0.2, -0.15) is 0 Å². The number of nitro groups is 1. The summed E-state index contributed by atoms with van der Waals surface area (Å²) < 4.78 is 10.7. The van der Waals surface area contributed by atoms with E-state index in [1.54, 1.807) is 35.2 Å². The van der Waals surface area contributed by atoms with Crippen molar-refractivity contribution in [2.45, 2.75) is 0 Å². The van der Waals surface area contributed by atoms with Gasteiger partial charge in [-0.25, -0.2) is 9.97 Å². The highest BCUT2D eigenvalue weighted by atomic mass is 16.7. The zero-order valence-corrected chi connectivity index (χ0v) is 19.6. The minimum atomic E-state index is -0.338. The third-order valence-corrected chi connectivity index (χ3v) is 6.85. The number of nitro benzene ring substituents is 1. The number of ether oxygens (including phenoxy) is 2. The van der Waals surface area contributed by atoms with E-state index >= 15 is 0 Å². The van der Waals surface area contributed by atoms with E-state index in [0.717, 1.165) is 13.1 Å². The molecule has 12 heteroatoms. The maximum Gasteiger partial charge on any atom is 0.293 e. The Hall–Kier alpha value is -4.19. The van der Waals surface area contributed by atoms with E-state index in [1.165, 1.54) is 6.33 Å². The summed E-state index contributed by atoms with van der Waals surface area (Å²) in [5.74, 6) is 1.79. The number of carbonyl (C=O) groups is 1. The Labute approximate surface area is 206 Å². The van der Waals surface area contributed by atoms with Gasteiger partial charge in [0.05, 0.1) is 10.4 Å². The molecule has 0 bridgehead atoms. The second-order valence-electron chi connectivity index (χ2n) is 8.90. The van der Waals surface area contributed by atoms with Gasteiger partial charge < -0.3 is 29.5 Å². The summed E-state index contributed by atoms with van der Waals surface area (Å²) in [6.45, 7) is 5.21. The number of piperazine rings is 2. The van der Waals surface area contributed by atoms with Crippen LogP contribution in [0.5, 0.6) is 11.5 Å². The minimum Gasteiger partial charge on any atom is -0.454 e. The third-order valence-electron chi connectivity index (χ3n) is 6.85. The smallest absolute Gasteiger partial charge is 0.293 e. The average Bonchev–Trinajstić information content (AvgIpc) is 3.40. The van der Waals surface area contributed by atoms with Gasteiger partial charge in [0.25, 0.3) is 11.6 Å².